The number of benzene rings is 2. The Bertz CT molecular complexity index is 647. The Hall–Kier alpha value is -1.94. The van der Waals surface area contributed by atoms with Gasteiger partial charge in [-0.05, 0) is 36.8 Å². The zero-order valence-corrected chi connectivity index (χ0v) is 13.2. The molecular formula is C17H15BrO3. The molecule has 0 saturated heterocycles. The smallest absolute Gasteiger partial charge is 0.338 e. The molecule has 0 aliphatic rings. The molecule has 2 aromatic carbocycles. The fourth-order valence-electron chi connectivity index (χ4n) is 1.92. The molecule has 0 bridgehead atoms. The number of esters is 1. The summed E-state index contributed by atoms with van der Waals surface area (Å²) in [6, 6.07) is 14.2. The average Bonchev–Trinajstić information content (AvgIpc) is 2.50. The van der Waals surface area contributed by atoms with E-state index in [0.717, 1.165) is 10.0 Å². The summed E-state index contributed by atoms with van der Waals surface area (Å²) in [5.41, 5.74) is 1.85. The molecule has 0 aliphatic heterocycles. The van der Waals surface area contributed by atoms with E-state index in [9.17, 15) is 9.59 Å². The van der Waals surface area contributed by atoms with Crippen LogP contribution in [-0.4, -0.2) is 18.4 Å². The number of Topliss-reactive ketones (excluding diaryl/α,β-unsaturated/α-hetero) is 1. The first kappa shape index (κ1) is 15.4. The van der Waals surface area contributed by atoms with Crippen molar-refractivity contribution in [2.75, 3.05) is 6.61 Å². The molecule has 0 spiro atoms. The van der Waals surface area contributed by atoms with Gasteiger partial charge in [-0.3, -0.25) is 4.79 Å². The molecule has 0 aromatic heterocycles. The molecule has 0 amide bonds. The Morgan fingerprint density at radius 2 is 1.71 bits per heavy atom. The highest BCUT2D eigenvalue weighted by Crippen LogP contribution is 2.14. The second-order valence-corrected chi connectivity index (χ2v) is 5.44. The van der Waals surface area contributed by atoms with Crippen LogP contribution in [0.4, 0.5) is 0 Å². The Kier molecular flexibility index (Phi) is 5.28. The minimum absolute atomic E-state index is 0.0246. The molecule has 0 aliphatic carbocycles. The number of hydrogen-bond acceptors (Lipinski definition) is 3. The van der Waals surface area contributed by atoms with Crippen LogP contribution in [0.25, 0.3) is 0 Å². The molecular weight excluding hydrogens is 332 g/mol. The van der Waals surface area contributed by atoms with Gasteiger partial charge in [0.2, 0.25) is 0 Å². The highest BCUT2D eigenvalue weighted by Gasteiger charge is 2.11. The summed E-state index contributed by atoms with van der Waals surface area (Å²) in [6.45, 7) is 2.07. The molecule has 0 N–H and O–H groups in total. The molecule has 0 radical (unpaired) electrons. The molecule has 0 heterocycles. The van der Waals surface area contributed by atoms with E-state index in [2.05, 4.69) is 15.9 Å². The van der Waals surface area contributed by atoms with Crippen LogP contribution in [0.15, 0.2) is 53.0 Å². The van der Waals surface area contributed by atoms with Gasteiger partial charge in [0.1, 0.15) is 0 Å². The Balaban J connectivity index is 2.14. The van der Waals surface area contributed by atoms with Crippen LogP contribution in [0, 0.1) is 0 Å². The summed E-state index contributed by atoms with van der Waals surface area (Å²) in [4.78, 5) is 23.9. The fourth-order valence-corrected chi connectivity index (χ4v) is 2.19. The van der Waals surface area contributed by atoms with Crippen molar-refractivity contribution in [3.05, 3.63) is 69.7 Å². The van der Waals surface area contributed by atoms with E-state index in [4.69, 9.17) is 4.74 Å². The van der Waals surface area contributed by atoms with Crippen molar-refractivity contribution in [3.63, 3.8) is 0 Å². The van der Waals surface area contributed by atoms with E-state index in [1.54, 1.807) is 31.2 Å². The van der Waals surface area contributed by atoms with Crippen molar-refractivity contribution in [3.8, 4) is 0 Å². The second kappa shape index (κ2) is 7.18. The van der Waals surface area contributed by atoms with Gasteiger partial charge in [-0.15, -0.1) is 0 Å². The van der Waals surface area contributed by atoms with Crippen molar-refractivity contribution in [2.45, 2.75) is 13.3 Å². The van der Waals surface area contributed by atoms with Crippen molar-refractivity contribution in [1.29, 1.82) is 0 Å². The van der Waals surface area contributed by atoms with Gasteiger partial charge in [0.25, 0.3) is 0 Å². The monoisotopic (exact) mass is 346 g/mol. The molecule has 0 unspecified atom stereocenters. The molecule has 21 heavy (non-hydrogen) atoms. The molecule has 0 saturated carbocycles. The van der Waals surface area contributed by atoms with Crippen molar-refractivity contribution in [2.24, 2.45) is 0 Å². The SMILES string of the molecule is CCOC(=O)c1cccc(C(=O)Cc2ccc(Br)cc2)c1. The van der Waals surface area contributed by atoms with Gasteiger partial charge in [-0.1, -0.05) is 40.2 Å². The van der Waals surface area contributed by atoms with Gasteiger partial charge < -0.3 is 4.74 Å². The normalized spacial score (nSPS) is 10.2. The molecule has 3 nitrogen and oxygen atoms in total. The quantitative estimate of drug-likeness (QED) is 0.605. The predicted molar refractivity (Wildman–Crippen MR) is 84.6 cm³/mol. The minimum atomic E-state index is -0.407. The summed E-state index contributed by atoms with van der Waals surface area (Å²) >= 11 is 3.36. The summed E-state index contributed by atoms with van der Waals surface area (Å²) in [6.07, 6.45) is 0.305. The Labute approximate surface area is 132 Å². The number of halogens is 1. The standard InChI is InChI=1S/C17H15BrO3/c1-2-21-17(20)14-5-3-4-13(11-14)16(19)10-12-6-8-15(18)9-7-12/h3-9,11H,2,10H2,1H3. The van der Waals surface area contributed by atoms with E-state index >= 15 is 0 Å². The van der Waals surface area contributed by atoms with Crippen LogP contribution in [0.2, 0.25) is 0 Å². The van der Waals surface area contributed by atoms with Gasteiger partial charge in [-0.25, -0.2) is 4.79 Å². The van der Waals surface area contributed by atoms with Gasteiger partial charge in [0, 0.05) is 16.5 Å². The largest absolute Gasteiger partial charge is 0.462 e. The van der Waals surface area contributed by atoms with E-state index < -0.39 is 5.97 Å². The first-order valence-corrected chi connectivity index (χ1v) is 7.44. The second-order valence-electron chi connectivity index (χ2n) is 4.53. The minimum Gasteiger partial charge on any atom is -0.462 e. The lowest BCUT2D eigenvalue weighted by atomic mass is 10.0. The first-order chi connectivity index (χ1) is 10.1. The molecule has 108 valence electrons. The third kappa shape index (κ3) is 4.26. The zero-order chi connectivity index (χ0) is 15.2. The van der Waals surface area contributed by atoms with Gasteiger partial charge in [0.15, 0.2) is 5.78 Å². The average molecular weight is 347 g/mol. The van der Waals surface area contributed by atoms with Crippen LogP contribution in [0.5, 0.6) is 0 Å². The van der Waals surface area contributed by atoms with Crippen molar-refractivity contribution < 1.29 is 14.3 Å². The van der Waals surface area contributed by atoms with E-state index in [0.29, 0.717) is 24.2 Å². The topological polar surface area (TPSA) is 43.4 Å². The van der Waals surface area contributed by atoms with Crippen molar-refractivity contribution in [1.82, 2.24) is 0 Å². The molecule has 0 atom stereocenters. The fraction of sp³-hybridized carbons (Fsp3) is 0.176. The number of ketones is 1. The molecule has 0 fully saturated rings. The maximum atomic E-state index is 12.3. The third-order valence-corrected chi connectivity index (χ3v) is 3.50. The zero-order valence-electron chi connectivity index (χ0n) is 11.6. The van der Waals surface area contributed by atoms with Crippen molar-refractivity contribution >= 4 is 27.7 Å². The maximum absolute atomic E-state index is 12.3. The lowest BCUT2D eigenvalue weighted by Crippen LogP contribution is -2.08. The maximum Gasteiger partial charge on any atom is 0.338 e. The highest BCUT2D eigenvalue weighted by atomic mass is 79.9. The highest BCUT2D eigenvalue weighted by molar-refractivity contribution is 9.10. The summed E-state index contributed by atoms with van der Waals surface area (Å²) in [5.74, 6) is -0.431. The molecule has 4 heteroatoms. The van der Waals surface area contributed by atoms with Crippen LogP contribution in [0.3, 0.4) is 0 Å². The Morgan fingerprint density at radius 3 is 2.38 bits per heavy atom. The lowest BCUT2D eigenvalue weighted by Gasteiger charge is -2.05. The van der Waals surface area contributed by atoms with E-state index in [-0.39, 0.29) is 5.78 Å². The summed E-state index contributed by atoms with van der Waals surface area (Å²) in [7, 11) is 0. The number of carbonyl (C=O) groups excluding carboxylic acids is 2. The molecule has 2 rings (SSSR count). The van der Waals surface area contributed by atoms with Crippen LogP contribution < -0.4 is 0 Å². The van der Waals surface area contributed by atoms with Gasteiger partial charge in [-0.2, -0.15) is 0 Å². The number of rotatable bonds is 5. The van der Waals surface area contributed by atoms with Crippen LogP contribution >= 0.6 is 15.9 Å². The number of carbonyl (C=O) groups is 2. The summed E-state index contributed by atoms with van der Waals surface area (Å²) < 4.78 is 5.91. The lowest BCUT2D eigenvalue weighted by molar-refractivity contribution is 0.0526. The predicted octanol–water partition coefficient (Wildman–Crippen LogP) is 4.05. The Morgan fingerprint density at radius 1 is 1.05 bits per heavy atom. The van der Waals surface area contributed by atoms with Crippen LogP contribution in [-0.2, 0) is 11.2 Å². The molecule has 2 aromatic rings. The van der Waals surface area contributed by atoms with E-state index in [1.807, 2.05) is 24.3 Å². The third-order valence-electron chi connectivity index (χ3n) is 2.97. The van der Waals surface area contributed by atoms with Gasteiger partial charge in [0.05, 0.1) is 12.2 Å². The van der Waals surface area contributed by atoms with E-state index in [1.165, 1.54) is 0 Å². The number of ether oxygens (including phenoxy) is 1. The number of hydrogen-bond donors (Lipinski definition) is 0. The summed E-state index contributed by atoms with van der Waals surface area (Å²) in [5, 5.41) is 0. The van der Waals surface area contributed by atoms with Gasteiger partial charge >= 0.3 is 5.97 Å². The van der Waals surface area contributed by atoms with Crippen LogP contribution in [0.1, 0.15) is 33.2 Å². The first-order valence-electron chi connectivity index (χ1n) is 6.65.